The molecule has 0 aliphatic rings. The zero-order chi connectivity index (χ0) is 39.1. The van der Waals surface area contributed by atoms with Crippen LogP contribution >= 0.6 is 0 Å². The first-order valence-electron chi connectivity index (χ1n) is 18.1. The largest absolute Gasteiger partial charge is 0.461 e. The van der Waals surface area contributed by atoms with Crippen molar-refractivity contribution >= 4 is 51.9 Å². The highest BCUT2D eigenvalue weighted by Crippen LogP contribution is 2.22. The first-order valence-corrected chi connectivity index (χ1v) is 18.1. The van der Waals surface area contributed by atoms with Gasteiger partial charge < -0.3 is 26.8 Å². The van der Waals surface area contributed by atoms with Gasteiger partial charge in [0.25, 0.3) is 5.91 Å². The Kier molecular flexibility index (Phi) is 16.3. The molecule has 53 heavy (non-hydrogen) atoms. The van der Waals surface area contributed by atoms with E-state index in [9.17, 15) is 33.6 Å². The van der Waals surface area contributed by atoms with Gasteiger partial charge in [0, 0.05) is 24.7 Å². The van der Waals surface area contributed by atoms with Crippen molar-refractivity contribution < 1.29 is 38.3 Å². The number of rotatable bonds is 22. The van der Waals surface area contributed by atoms with Crippen LogP contribution in [0.5, 0.6) is 0 Å². The standard InChI is InChI=1S/C41H52N4O8/c1-5-26(4)37(45-40(51)32(19-25(2)3)23-36(48)53-24-27-11-7-6-8-12-27)38(49)41(52)44-33(17-18-35(42)47)34(46)22-31(39(43)50)21-28-15-16-29-13-9-10-14-30(29)20-28/h6-16,20,25-26,31-33,37H,5,17-19,21-24H2,1-4H3,(H2,42,47)(H2,43,50)(H,44,52)(H,45,51). The van der Waals surface area contributed by atoms with Crippen molar-refractivity contribution in [2.24, 2.45) is 35.1 Å². The number of nitrogens with two attached hydrogens (primary N) is 2. The molecular weight excluding hydrogens is 676 g/mol. The van der Waals surface area contributed by atoms with E-state index in [1.165, 1.54) is 0 Å². The van der Waals surface area contributed by atoms with E-state index >= 15 is 0 Å². The Bertz CT molecular complexity index is 1760. The number of hydrogen-bond acceptors (Lipinski definition) is 8. The van der Waals surface area contributed by atoms with E-state index in [1.807, 2.05) is 86.6 Å². The van der Waals surface area contributed by atoms with Crippen molar-refractivity contribution in [3.8, 4) is 0 Å². The molecule has 0 spiro atoms. The lowest BCUT2D eigenvalue weighted by Gasteiger charge is -2.27. The lowest BCUT2D eigenvalue weighted by molar-refractivity contribution is -0.149. The first kappa shape index (κ1) is 42.0. The van der Waals surface area contributed by atoms with Crippen molar-refractivity contribution in [3.05, 3.63) is 83.9 Å². The highest BCUT2D eigenvalue weighted by Gasteiger charge is 2.36. The molecular formula is C41H52N4O8. The van der Waals surface area contributed by atoms with Crippen molar-refractivity contribution in [2.45, 2.75) is 91.3 Å². The minimum atomic E-state index is -1.33. The van der Waals surface area contributed by atoms with Gasteiger partial charge in [-0.1, -0.05) is 107 Å². The predicted molar refractivity (Wildman–Crippen MR) is 201 cm³/mol. The third-order valence-electron chi connectivity index (χ3n) is 9.32. The highest BCUT2D eigenvalue weighted by atomic mass is 16.5. The summed E-state index contributed by atoms with van der Waals surface area (Å²) < 4.78 is 5.40. The van der Waals surface area contributed by atoms with Gasteiger partial charge in [0.2, 0.25) is 23.5 Å². The SMILES string of the molecule is CCC(C)C(NC(=O)C(CC(=O)OCc1ccccc1)CC(C)C)C(=O)C(=O)NC(CCC(N)=O)C(=O)CC(Cc1ccc2ccccc2c1)C(N)=O. The number of benzene rings is 3. The van der Waals surface area contributed by atoms with Gasteiger partial charge in [-0.05, 0) is 53.0 Å². The molecule has 0 radical (unpaired) electrons. The molecule has 5 atom stereocenters. The summed E-state index contributed by atoms with van der Waals surface area (Å²) in [6.07, 6.45) is -0.186. The van der Waals surface area contributed by atoms with E-state index in [4.69, 9.17) is 16.2 Å². The number of fused-ring (bicyclic) bond motifs is 1. The van der Waals surface area contributed by atoms with Crippen LogP contribution in [0.25, 0.3) is 10.8 Å². The van der Waals surface area contributed by atoms with Crippen molar-refractivity contribution in [2.75, 3.05) is 0 Å². The van der Waals surface area contributed by atoms with Crippen LogP contribution in [-0.2, 0) is 51.3 Å². The highest BCUT2D eigenvalue weighted by molar-refractivity contribution is 6.39. The number of Topliss-reactive ketones (excluding diaryl/α,β-unsaturated/α-hetero) is 2. The maximum absolute atomic E-state index is 13.7. The average Bonchev–Trinajstić information content (AvgIpc) is 3.13. The number of carbonyl (C=O) groups is 7. The van der Waals surface area contributed by atoms with Gasteiger partial charge >= 0.3 is 5.97 Å². The van der Waals surface area contributed by atoms with Crippen molar-refractivity contribution in [3.63, 3.8) is 0 Å². The Morgan fingerprint density at radius 2 is 1.42 bits per heavy atom. The van der Waals surface area contributed by atoms with Crippen LogP contribution in [0.2, 0.25) is 0 Å². The van der Waals surface area contributed by atoms with Crippen LogP contribution < -0.4 is 22.1 Å². The number of esters is 1. The Morgan fingerprint density at radius 3 is 2.04 bits per heavy atom. The van der Waals surface area contributed by atoms with Crippen LogP contribution in [0.4, 0.5) is 0 Å². The van der Waals surface area contributed by atoms with Crippen LogP contribution in [0.3, 0.4) is 0 Å². The molecule has 3 aromatic rings. The average molecular weight is 729 g/mol. The smallest absolute Gasteiger partial charge is 0.306 e. The fourth-order valence-corrected chi connectivity index (χ4v) is 6.10. The first-order chi connectivity index (χ1) is 25.2. The molecule has 0 aromatic heterocycles. The zero-order valence-electron chi connectivity index (χ0n) is 31.0. The lowest BCUT2D eigenvalue weighted by atomic mass is 9.89. The molecule has 0 saturated carbocycles. The summed E-state index contributed by atoms with van der Waals surface area (Å²) in [5.41, 5.74) is 12.6. The third kappa shape index (κ3) is 13.6. The molecule has 0 bridgehead atoms. The van der Waals surface area contributed by atoms with Gasteiger partial charge in [-0.15, -0.1) is 0 Å². The van der Waals surface area contributed by atoms with Gasteiger partial charge in [0.05, 0.1) is 18.5 Å². The van der Waals surface area contributed by atoms with Gasteiger partial charge in [-0.25, -0.2) is 0 Å². The summed E-state index contributed by atoms with van der Waals surface area (Å²) in [5.74, 6) is -7.60. The summed E-state index contributed by atoms with van der Waals surface area (Å²) in [6.45, 7) is 7.33. The number of hydrogen-bond donors (Lipinski definition) is 4. The molecule has 12 nitrogen and oxygen atoms in total. The maximum atomic E-state index is 13.7. The van der Waals surface area contributed by atoms with E-state index in [0.29, 0.717) is 12.8 Å². The van der Waals surface area contributed by atoms with Crippen molar-refractivity contribution in [1.29, 1.82) is 0 Å². The summed E-state index contributed by atoms with van der Waals surface area (Å²) in [4.78, 5) is 91.3. The van der Waals surface area contributed by atoms with Crippen LogP contribution in [0.15, 0.2) is 72.8 Å². The molecule has 4 amide bonds. The second-order valence-electron chi connectivity index (χ2n) is 14.1. The maximum Gasteiger partial charge on any atom is 0.306 e. The minimum Gasteiger partial charge on any atom is -0.461 e. The number of amides is 4. The Morgan fingerprint density at radius 1 is 0.755 bits per heavy atom. The van der Waals surface area contributed by atoms with Crippen LogP contribution in [0.1, 0.15) is 77.3 Å². The fraction of sp³-hybridized carbons (Fsp3) is 0.439. The molecule has 12 heteroatoms. The second-order valence-corrected chi connectivity index (χ2v) is 14.1. The number of nitrogens with one attached hydrogen (secondary N) is 2. The van der Waals surface area contributed by atoms with E-state index in [1.54, 1.807) is 13.8 Å². The molecule has 0 aliphatic heterocycles. The van der Waals surface area contributed by atoms with Gasteiger partial charge in [-0.3, -0.25) is 33.6 Å². The molecule has 5 unspecified atom stereocenters. The number of ether oxygens (including phenoxy) is 1. The quantitative estimate of drug-likeness (QED) is 0.0874. The molecule has 0 fully saturated rings. The lowest BCUT2D eigenvalue weighted by Crippen LogP contribution is -2.54. The Balaban J connectivity index is 1.74. The number of carbonyl (C=O) groups excluding carboxylic acids is 7. The topological polar surface area (TPSA) is 205 Å². The molecule has 3 rings (SSSR count). The normalized spacial score (nSPS) is 14.0. The molecule has 0 aliphatic carbocycles. The summed E-state index contributed by atoms with van der Waals surface area (Å²) >= 11 is 0. The minimum absolute atomic E-state index is 0.0243. The van der Waals surface area contributed by atoms with E-state index in [0.717, 1.165) is 21.9 Å². The Hall–Kier alpha value is -5.39. The molecule has 3 aromatic carbocycles. The zero-order valence-corrected chi connectivity index (χ0v) is 31.0. The van der Waals surface area contributed by atoms with Gasteiger partial charge in [-0.2, -0.15) is 0 Å². The summed E-state index contributed by atoms with van der Waals surface area (Å²) in [7, 11) is 0. The predicted octanol–water partition coefficient (Wildman–Crippen LogP) is 4.09. The second kappa shape index (κ2) is 20.6. The van der Waals surface area contributed by atoms with Gasteiger partial charge in [0.15, 0.2) is 5.78 Å². The van der Waals surface area contributed by atoms with Crippen molar-refractivity contribution in [1.82, 2.24) is 10.6 Å². The van der Waals surface area contributed by atoms with Gasteiger partial charge in [0.1, 0.15) is 6.61 Å². The molecule has 0 saturated heterocycles. The van der Waals surface area contributed by atoms with E-state index in [2.05, 4.69) is 10.6 Å². The Labute approximate surface area is 310 Å². The van der Waals surface area contributed by atoms with Crippen LogP contribution in [0, 0.1) is 23.7 Å². The number of ketones is 2. The summed E-state index contributed by atoms with van der Waals surface area (Å²) in [6, 6.07) is 19.8. The molecule has 0 heterocycles. The third-order valence-corrected chi connectivity index (χ3v) is 9.32. The van der Waals surface area contributed by atoms with E-state index in [-0.39, 0.29) is 44.6 Å². The molecule has 6 N–H and O–H groups in total. The van der Waals surface area contributed by atoms with E-state index < -0.39 is 71.0 Å². The van der Waals surface area contributed by atoms with Crippen LogP contribution in [-0.4, -0.2) is 53.2 Å². The molecule has 284 valence electrons. The number of primary amides is 2. The monoisotopic (exact) mass is 728 g/mol. The summed E-state index contributed by atoms with van der Waals surface area (Å²) in [5, 5.41) is 7.09. The fourth-order valence-electron chi connectivity index (χ4n) is 6.10.